The van der Waals surface area contributed by atoms with Gasteiger partial charge in [0.25, 0.3) is 0 Å². The Labute approximate surface area is 182 Å². The van der Waals surface area contributed by atoms with E-state index in [9.17, 15) is 9.18 Å². The van der Waals surface area contributed by atoms with Gasteiger partial charge in [-0.3, -0.25) is 15.2 Å². The summed E-state index contributed by atoms with van der Waals surface area (Å²) in [4.78, 5) is 21.5. The predicted molar refractivity (Wildman–Crippen MR) is 116 cm³/mol. The molecule has 8 heteroatoms. The summed E-state index contributed by atoms with van der Waals surface area (Å²) in [6, 6.07) is 3.16. The maximum atomic E-state index is 14.5. The van der Waals surface area contributed by atoms with Gasteiger partial charge in [-0.15, -0.1) is 0 Å². The lowest BCUT2D eigenvalue weighted by atomic mass is 10.00. The highest BCUT2D eigenvalue weighted by Gasteiger charge is 2.33. The SMILES string of the molecule is Cc1cnc(C)c(-c2ccc(F)c3c2OC(CNC(=O)C2CC(CC(C)C)NN2)C3)n1. The van der Waals surface area contributed by atoms with Crippen LogP contribution < -0.4 is 20.9 Å². The van der Waals surface area contributed by atoms with Crippen LogP contribution in [0.25, 0.3) is 11.3 Å². The van der Waals surface area contributed by atoms with Gasteiger partial charge in [0.2, 0.25) is 5.91 Å². The molecule has 4 rings (SSSR count). The van der Waals surface area contributed by atoms with Crippen LogP contribution in [0.2, 0.25) is 0 Å². The molecule has 166 valence electrons. The van der Waals surface area contributed by atoms with E-state index in [-0.39, 0.29) is 29.9 Å². The van der Waals surface area contributed by atoms with Gasteiger partial charge in [0.15, 0.2) is 0 Å². The molecule has 1 amide bonds. The lowest BCUT2D eigenvalue weighted by Gasteiger charge is -2.16. The molecule has 3 unspecified atom stereocenters. The minimum absolute atomic E-state index is 0.0700. The molecule has 2 aliphatic heterocycles. The third-order valence-electron chi connectivity index (χ3n) is 5.81. The molecule has 0 aliphatic carbocycles. The van der Waals surface area contributed by atoms with Crippen molar-refractivity contribution in [3.63, 3.8) is 0 Å². The highest BCUT2D eigenvalue weighted by Crippen LogP contribution is 2.40. The third kappa shape index (κ3) is 4.70. The van der Waals surface area contributed by atoms with E-state index in [2.05, 4.69) is 40.0 Å². The standard InChI is InChI=1S/C23H30FN5O2/c1-12(2)7-15-8-20(29-28-15)23(30)26-11-16-9-18-19(24)6-5-17(22(18)31-16)21-14(4)25-10-13(3)27-21/h5-6,10,12,15-16,20,28-29H,7-9,11H2,1-4H3,(H,26,30). The normalized spacial score (nSPS) is 22.5. The Morgan fingerprint density at radius 3 is 2.90 bits per heavy atom. The summed E-state index contributed by atoms with van der Waals surface area (Å²) in [5, 5.41) is 2.96. The fraction of sp³-hybridized carbons (Fsp3) is 0.522. The van der Waals surface area contributed by atoms with Crippen LogP contribution in [0.15, 0.2) is 18.3 Å². The van der Waals surface area contributed by atoms with Crippen LogP contribution in [0.4, 0.5) is 4.39 Å². The van der Waals surface area contributed by atoms with Gasteiger partial charge in [0.05, 0.1) is 23.6 Å². The maximum Gasteiger partial charge on any atom is 0.238 e. The molecule has 1 aromatic heterocycles. The number of carbonyl (C=O) groups excluding carboxylic acids is 1. The Balaban J connectivity index is 1.42. The quantitative estimate of drug-likeness (QED) is 0.657. The van der Waals surface area contributed by atoms with E-state index >= 15 is 0 Å². The summed E-state index contributed by atoms with van der Waals surface area (Å²) < 4.78 is 20.6. The minimum atomic E-state index is -0.325. The van der Waals surface area contributed by atoms with Crippen LogP contribution >= 0.6 is 0 Å². The van der Waals surface area contributed by atoms with Crippen LogP contribution in [0.1, 0.15) is 43.6 Å². The van der Waals surface area contributed by atoms with E-state index in [4.69, 9.17) is 4.74 Å². The van der Waals surface area contributed by atoms with Crippen molar-refractivity contribution in [3.05, 3.63) is 41.1 Å². The summed E-state index contributed by atoms with van der Waals surface area (Å²) in [7, 11) is 0. The number of carbonyl (C=O) groups is 1. The van der Waals surface area contributed by atoms with Crippen LogP contribution in [-0.2, 0) is 11.2 Å². The number of nitrogens with one attached hydrogen (secondary N) is 3. The summed E-state index contributed by atoms with van der Waals surface area (Å²) in [5.41, 5.74) is 9.77. The molecular weight excluding hydrogens is 397 g/mol. The highest BCUT2D eigenvalue weighted by molar-refractivity contribution is 5.82. The van der Waals surface area contributed by atoms with E-state index in [0.29, 0.717) is 35.9 Å². The van der Waals surface area contributed by atoms with Gasteiger partial charge in [-0.25, -0.2) is 14.8 Å². The molecule has 2 aliphatic rings. The Kier molecular flexibility index (Phi) is 6.20. The lowest BCUT2D eigenvalue weighted by Crippen LogP contribution is -2.46. The van der Waals surface area contributed by atoms with Crippen molar-refractivity contribution in [1.82, 2.24) is 26.1 Å². The molecule has 3 atom stereocenters. The molecule has 3 N–H and O–H groups in total. The van der Waals surface area contributed by atoms with E-state index < -0.39 is 0 Å². The Morgan fingerprint density at radius 1 is 1.32 bits per heavy atom. The van der Waals surface area contributed by atoms with Gasteiger partial charge in [-0.05, 0) is 44.7 Å². The number of aromatic nitrogens is 2. The van der Waals surface area contributed by atoms with Crippen molar-refractivity contribution >= 4 is 5.91 Å². The first-order valence-corrected chi connectivity index (χ1v) is 10.9. The molecule has 0 radical (unpaired) electrons. The average Bonchev–Trinajstić information content (AvgIpc) is 3.36. The van der Waals surface area contributed by atoms with Crippen LogP contribution in [0.3, 0.4) is 0 Å². The van der Waals surface area contributed by atoms with Gasteiger partial charge < -0.3 is 10.1 Å². The number of nitrogens with zero attached hydrogens (tertiary/aromatic N) is 2. The van der Waals surface area contributed by atoms with E-state index in [0.717, 1.165) is 29.8 Å². The molecule has 3 heterocycles. The second-order valence-electron chi connectivity index (χ2n) is 8.94. The summed E-state index contributed by atoms with van der Waals surface area (Å²) in [5.74, 6) is 0.695. The number of hydrogen-bond donors (Lipinski definition) is 3. The number of aryl methyl sites for hydroxylation is 2. The summed E-state index contributed by atoms with van der Waals surface area (Å²) in [6.45, 7) is 8.40. The van der Waals surface area contributed by atoms with Crippen LogP contribution in [0, 0.1) is 25.6 Å². The summed E-state index contributed by atoms with van der Waals surface area (Å²) in [6.07, 6.45) is 3.55. The predicted octanol–water partition coefficient (Wildman–Crippen LogP) is 2.60. The van der Waals surface area contributed by atoms with Crippen molar-refractivity contribution in [2.45, 2.75) is 65.1 Å². The average molecular weight is 428 g/mol. The van der Waals surface area contributed by atoms with E-state index in [1.165, 1.54) is 6.07 Å². The van der Waals surface area contributed by atoms with E-state index in [1.807, 2.05) is 13.8 Å². The van der Waals surface area contributed by atoms with Crippen LogP contribution in [0.5, 0.6) is 5.75 Å². The Hall–Kier alpha value is -2.58. The lowest BCUT2D eigenvalue weighted by molar-refractivity contribution is -0.123. The number of hydrazine groups is 1. The summed E-state index contributed by atoms with van der Waals surface area (Å²) >= 11 is 0. The molecule has 0 bridgehead atoms. The van der Waals surface area contributed by atoms with Crippen molar-refractivity contribution < 1.29 is 13.9 Å². The zero-order valence-corrected chi connectivity index (χ0v) is 18.5. The molecule has 1 fully saturated rings. The van der Waals surface area contributed by atoms with Crippen molar-refractivity contribution in [3.8, 4) is 17.0 Å². The molecule has 2 aromatic rings. The number of amides is 1. The topological polar surface area (TPSA) is 88.2 Å². The minimum Gasteiger partial charge on any atom is -0.487 e. The van der Waals surface area contributed by atoms with Crippen molar-refractivity contribution in [1.29, 1.82) is 0 Å². The molecule has 7 nitrogen and oxygen atoms in total. The number of benzene rings is 1. The number of ether oxygens (including phenoxy) is 1. The second-order valence-corrected chi connectivity index (χ2v) is 8.94. The second kappa shape index (κ2) is 8.88. The first-order valence-electron chi connectivity index (χ1n) is 10.9. The largest absolute Gasteiger partial charge is 0.487 e. The van der Waals surface area contributed by atoms with Crippen molar-refractivity contribution in [2.24, 2.45) is 5.92 Å². The maximum absolute atomic E-state index is 14.5. The molecular formula is C23H30FN5O2. The first kappa shape index (κ1) is 21.6. The molecule has 1 saturated heterocycles. The highest BCUT2D eigenvalue weighted by atomic mass is 19.1. The Morgan fingerprint density at radius 2 is 2.13 bits per heavy atom. The molecule has 0 saturated carbocycles. The van der Waals surface area contributed by atoms with Gasteiger partial charge in [0.1, 0.15) is 23.7 Å². The van der Waals surface area contributed by atoms with Gasteiger partial charge in [-0.1, -0.05) is 13.8 Å². The monoisotopic (exact) mass is 427 g/mol. The number of rotatable bonds is 6. The number of fused-ring (bicyclic) bond motifs is 1. The fourth-order valence-electron chi connectivity index (χ4n) is 4.31. The van der Waals surface area contributed by atoms with Crippen LogP contribution in [-0.4, -0.2) is 40.6 Å². The zero-order valence-electron chi connectivity index (χ0n) is 18.5. The zero-order chi connectivity index (χ0) is 22.1. The third-order valence-corrected chi connectivity index (χ3v) is 5.81. The molecule has 0 spiro atoms. The number of hydrogen-bond acceptors (Lipinski definition) is 6. The Bertz CT molecular complexity index is 981. The van der Waals surface area contributed by atoms with E-state index in [1.54, 1.807) is 12.3 Å². The molecule has 31 heavy (non-hydrogen) atoms. The van der Waals surface area contributed by atoms with Gasteiger partial charge in [0, 0.05) is 29.8 Å². The van der Waals surface area contributed by atoms with Gasteiger partial charge in [-0.2, -0.15) is 0 Å². The molecule has 1 aromatic carbocycles. The fourth-order valence-corrected chi connectivity index (χ4v) is 4.31. The number of halogens is 1. The first-order chi connectivity index (χ1) is 14.8. The van der Waals surface area contributed by atoms with Gasteiger partial charge >= 0.3 is 0 Å². The van der Waals surface area contributed by atoms with Crippen molar-refractivity contribution in [2.75, 3.05) is 6.54 Å². The smallest absolute Gasteiger partial charge is 0.238 e.